The van der Waals surface area contributed by atoms with E-state index < -0.39 is 17.9 Å². The summed E-state index contributed by atoms with van der Waals surface area (Å²) in [4.78, 5) is 25.4. The van der Waals surface area contributed by atoms with E-state index in [1.807, 2.05) is 54.6 Å². The highest BCUT2D eigenvalue weighted by Crippen LogP contribution is 2.37. The lowest BCUT2D eigenvalue weighted by atomic mass is 9.87. The summed E-state index contributed by atoms with van der Waals surface area (Å²) >= 11 is 0. The lowest BCUT2D eigenvalue weighted by Gasteiger charge is -2.26. The van der Waals surface area contributed by atoms with Gasteiger partial charge >= 0.3 is 5.97 Å². The normalized spacial score (nSPS) is 17.1. The van der Waals surface area contributed by atoms with Gasteiger partial charge in [-0.25, -0.2) is 4.79 Å². The van der Waals surface area contributed by atoms with Gasteiger partial charge in [0.05, 0.1) is 31.2 Å². The molecule has 1 heterocycles. The molecule has 0 saturated heterocycles. The van der Waals surface area contributed by atoms with Crippen molar-refractivity contribution in [1.29, 1.82) is 0 Å². The topological polar surface area (TPSA) is 76.7 Å². The zero-order valence-electron chi connectivity index (χ0n) is 16.2. The number of para-hydroxylation sites is 1. The molecule has 0 bridgehead atoms. The highest BCUT2D eigenvalue weighted by atomic mass is 16.5. The van der Waals surface area contributed by atoms with Gasteiger partial charge < -0.3 is 20.1 Å². The molecule has 6 heteroatoms. The summed E-state index contributed by atoms with van der Waals surface area (Å²) in [5, 5.41) is 6.20. The van der Waals surface area contributed by atoms with Crippen LogP contribution >= 0.6 is 0 Å². The van der Waals surface area contributed by atoms with Crippen LogP contribution in [0.2, 0.25) is 0 Å². The van der Waals surface area contributed by atoms with Crippen LogP contribution in [0.3, 0.4) is 0 Å². The number of carbonyl (C=O) groups excluding carboxylic acids is 2. The van der Waals surface area contributed by atoms with Crippen LogP contribution in [-0.2, 0) is 14.3 Å². The second-order valence-electron chi connectivity index (χ2n) is 6.49. The number of benzene rings is 2. The van der Waals surface area contributed by atoms with Crippen molar-refractivity contribution in [2.75, 3.05) is 19.0 Å². The molecular formula is C22H24N2O4. The number of methoxy groups -OCH3 is 1. The van der Waals surface area contributed by atoms with Crippen LogP contribution in [0.5, 0.6) is 5.75 Å². The van der Waals surface area contributed by atoms with E-state index in [4.69, 9.17) is 9.47 Å². The van der Waals surface area contributed by atoms with Crippen molar-refractivity contribution in [3.8, 4) is 5.75 Å². The molecule has 1 amide bonds. The van der Waals surface area contributed by atoms with Crippen molar-refractivity contribution < 1.29 is 19.1 Å². The molecule has 0 saturated carbocycles. The number of amides is 1. The molecule has 0 aromatic heterocycles. The maximum atomic E-state index is 12.8. The Morgan fingerprint density at radius 2 is 1.82 bits per heavy atom. The van der Waals surface area contributed by atoms with Crippen LogP contribution in [0.4, 0.5) is 5.69 Å². The predicted octanol–water partition coefficient (Wildman–Crippen LogP) is 3.43. The van der Waals surface area contributed by atoms with E-state index in [0.29, 0.717) is 11.3 Å². The molecule has 2 aromatic rings. The maximum Gasteiger partial charge on any atom is 0.336 e. The van der Waals surface area contributed by atoms with Crippen LogP contribution in [0.25, 0.3) is 0 Å². The first-order valence-electron chi connectivity index (χ1n) is 9.19. The summed E-state index contributed by atoms with van der Waals surface area (Å²) in [5.74, 6) is -0.704. The van der Waals surface area contributed by atoms with Crippen molar-refractivity contribution in [2.24, 2.45) is 5.92 Å². The Bertz CT molecular complexity index is 875. The van der Waals surface area contributed by atoms with E-state index in [-0.39, 0.29) is 12.5 Å². The van der Waals surface area contributed by atoms with Crippen LogP contribution in [0.15, 0.2) is 65.9 Å². The van der Waals surface area contributed by atoms with Gasteiger partial charge in [-0.1, -0.05) is 30.3 Å². The molecule has 3 rings (SSSR count). The number of esters is 1. The predicted molar refractivity (Wildman–Crippen MR) is 107 cm³/mol. The second kappa shape index (κ2) is 8.61. The van der Waals surface area contributed by atoms with E-state index in [1.165, 1.54) is 0 Å². The molecule has 2 aromatic carbocycles. The highest BCUT2D eigenvalue weighted by molar-refractivity contribution is 6.02. The van der Waals surface area contributed by atoms with Gasteiger partial charge in [0.2, 0.25) is 5.91 Å². The van der Waals surface area contributed by atoms with Crippen molar-refractivity contribution in [3.05, 3.63) is 71.4 Å². The van der Waals surface area contributed by atoms with Gasteiger partial charge in [-0.2, -0.15) is 0 Å². The Kier molecular flexibility index (Phi) is 5.99. The second-order valence-corrected chi connectivity index (χ2v) is 6.49. The van der Waals surface area contributed by atoms with E-state index in [1.54, 1.807) is 21.0 Å². The number of ether oxygens (including phenoxy) is 2. The van der Waals surface area contributed by atoms with Gasteiger partial charge in [-0.05, 0) is 43.7 Å². The zero-order valence-corrected chi connectivity index (χ0v) is 16.2. The van der Waals surface area contributed by atoms with Gasteiger partial charge in [-0.3, -0.25) is 4.79 Å². The Labute approximate surface area is 164 Å². The summed E-state index contributed by atoms with van der Waals surface area (Å²) in [7, 11) is 1.60. The summed E-state index contributed by atoms with van der Waals surface area (Å²) in [6.45, 7) is 3.71. The number of rotatable bonds is 7. The lowest BCUT2D eigenvalue weighted by molar-refractivity contribution is -0.140. The molecule has 0 radical (unpaired) electrons. The number of nitrogens with one attached hydrogen (secondary N) is 2. The first-order valence-corrected chi connectivity index (χ1v) is 9.19. The van der Waals surface area contributed by atoms with Crippen LogP contribution in [0, 0.1) is 5.92 Å². The molecule has 0 spiro atoms. The van der Waals surface area contributed by atoms with Gasteiger partial charge in [0, 0.05) is 11.4 Å². The van der Waals surface area contributed by atoms with E-state index in [9.17, 15) is 9.59 Å². The van der Waals surface area contributed by atoms with E-state index >= 15 is 0 Å². The van der Waals surface area contributed by atoms with Gasteiger partial charge in [0.15, 0.2) is 0 Å². The number of carbonyl (C=O) groups is 2. The molecule has 28 heavy (non-hydrogen) atoms. The summed E-state index contributed by atoms with van der Waals surface area (Å²) in [5.41, 5.74) is 2.60. The number of hydrogen-bond donors (Lipinski definition) is 2. The minimum atomic E-state index is -0.715. The fourth-order valence-electron chi connectivity index (χ4n) is 3.39. The summed E-state index contributed by atoms with van der Waals surface area (Å²) in [6.07, 6.45) is 0. The van der Waals surface area contributed by atoms with Gasteiger partial charge in [-0.15, -0.1) is 0 Å². The van der Waals surface area contributed by atoms with E-state index in [0.717, 1.165) is 17.0 Å². The molecule has 2 atom stereocenters. The fourth-order valence-corrected chi connectivity index (χ4v) is 3.39. The van der Waals surface area contributed by atoms with Crippen LogP contribution in [-0.4, -0.2) is 25.6 Å². The number of allylic oxidation sites excluding steroid dienone is 1. The SMILES string of the molecule is CCOC(=O)C1=C(C)NC(=O)C1C(Nc1ccccc1)c1ccc(OC)cc1. The Morgan fingerprint density at radius 1 is 1.14 bits per heavy atom. The van der Waals surface area contributed by atoms with Crippen LogP contribution in [0.1, 0.15) is 25.5 Å². The first kappa shape index (κ1) is 19.5. The molecule has 1 aliphatic rings. The third-order valence-electron chi connectivity index (χ3n) is 4.71. The summed E-state index contributed by atoms with van der Waals surface area (Å²) in [6, 6.07) is 16.6. The Balaban J connectivity index is 2.03. The molecule has 2 unspecified atom stereocenters. The van der Waals surface area contributed by atoms with Crippen molar-refractivity contribution in [1.82, 2.24) is 5.32 Å². The van der Waals surface area contributed by atoms with E-state index in [2.05, 4.69) is 10.6 Å². The Morgan fingerprint density at radius 3 is 2.43 bits per heavy atom. The maximum absolute atomic E-state index is 12.8. The smallest absolute Gasteiger partial charge is 0.336 e. The minimum absolute atomic E-state index is 0.232. The largest absolute Gasteiger partial charge is 0.497 e. The average molecular weight is 380 g/mol. The molecule has 0 fully saturated rings. The first-order chi connectivity index (χ1) is 13.5. The van der Waals surface area contributed by atoms with Gasteiger partial charge in [0.1, 0.15) is 5.75 Å². The average Bonchev–Trinajstić information content (AvgIpc) is 3.01. The zero-order chi connectivity index (χ0) is 20.1. The number of hydrogen-bond acceptors (Lipinski definition) is 5. The molecule has 1 aliphatic heterocycles. The van der Waals surface area contributed by atoms with Crippen molar-refractivity contribution in [2.45, 2.75) is 19.9 Å². The molecule has 6 nitrogen and oxygen atoms in total. The summed E-state index contributed by atoms with van der Waals surface area (Å²) < 4.78 is 10.4. The minimum Gasteiger partial charge on any atom is -0.497 e. The van der Waals surface area contributed by atoms with Crippen molar-refractivity contribution >= 4 is 17.6 Å². The standard InChI is InChI=1S/C22H24N2O4/c1-4-28-22(26)18-14(2)23-21(25)19(18)20(24-16-8-6-5-7-9-16)15-10-12-17(27-3)13-11-15/h5-13,19-20,24H,4H2,1-3H3,(H,23,25). The molecule has 146 valence electrons. The van der Waals surface area contributed by atoms with Crippen LogP contribution < -0.4 is 15.4 Å². The van der Waals surface area contributed by atoms with Gasteiger partial charge in [0.25, 0.3) is 0 Å². The molecule has 0 aliphatic carbocycles. The number of anilines is 1. The fraction of sp³-hybridized carbons (Fsp3) is 0.273. The molecule has 2 N–H and O–H groups in total. The highest BCUT2D eigenvalue weighted by Gasteiger charge is 2.42. The van der Waals surface area contributed by atoms with Crippen molar-refractivity contribution in [3.63, 3.8) is 0 Å². The Hall–Kier alpha value is -3.28. The quantitative estimate of drug-likeness (QED) is 0.720. The third-order valence-corrected chi connectivity index (χ3v) is 4.71. The monoisotopic (exact) mass is 380 g/mol. The lowest BCUT2D eigenvalue weighted by Crippen LogP contribution is -2.32. The molecular weight excluding hydrogens is 356 g/mol. The third kappa shape index (κ3) is 4.01.